The van der Waals surface area contributed by atoms with Crippen LogP contribution in [0.1, 0.15) is 22.6 Å². The first-order valence-electron chi connectivity index (χ1n) is 8.87. The van der Waals surface area contributed by atoms with Gasteiger partial charge in [0.1, 0.15) is 0 Å². The van der Waals surface area contributed by atoms with Crippen LogP contribution >= 0.6 is 11.3 Å². The third-order valence-corrected chi connectivity index (χ3v) is 6.07. The molecule has 2 aliphatic heterocycles. The lowest BCUT2D eigenvalue weighted by Gasteiger charge is -2.43. The number of hydrogen-bond donors (Lipinski definition) is 1. The number of rotatable bonds is 4. The largest absolute Gasteiger partial charge is 0.379 e. The minimum absolute atomic E-state index is 0.0915. The highest BCUT2D eigenvalue weighted by Gasteiger charge is 2.39. The van der Waals surface area contributed by atoms with Crippen molar-refractivity contribution in [1.29, 1.82) is 0 Å². The maximum atomic E-state index is 11.8. The molecule has 1 N–H and O–H groups in total. The molecule has 134 valence electrons. The van der Waals surface area contributed by atoms with Gasteiger partial charge in [0.05, 0.1) is 19.8 Å². The van der Waals surface area contributed by atoms with Crippen LogP contribution in [0.2, 0.25) is 0 Å². The van der Waals surface area contributed by atoms with E-state index in [2.05, 4.69) is 34.2 Å². The topological polar surface area (TPSA) is 44.8 Å². The quantitative estimate of drug-likeness (QED) is 0.897. The molecule has 2 fully saturated rings. The number of ether oxygens (including phenoxy) is 1. The first kappa shape index (κ1) is 17.9. The average molecular weight is 352 g/mol. The first-order chi connectivity index (χ1) is 11.6. The van der Waals surface area contributed by atoms with E-state index in [9.17, 15) is 4.79 Å². The Morgan fingerprint density at radius 3 is 2.92 bits per heavy atom. The van der Waals surface area contributed by atoms with Crippen LogP contribution in [-0.4, -0.2) is 68.7 Å². The predicted molar refractivity (Wildman–Crippen MR) is 97.3 cm³/mol. The number of piperidine rings is 1. The number of likely N-dealkylation sites (N-methyl/N-ethyl adjacent to an activating group) is 1. The van der Waals surface area contributed by atoms with Crippen molar-refractivity contribution in [3.63, 3.8) is 0 Å². The smallest absolute Gasteiger partial charge is 0.233 e. The van der Waals surface area contributed by atoms with Crippen molar-refractivity contribution in [2.45, 2.75) is 26.3 Å². The highest BCUT2D eigenvalue weighted by atomic mass is 32.1. The average Bonchev–Trinajstić information content (AvgIpc) is 2.86. The molecule has 1 aromatic rings. The predicted octanol–water partition coefficient (Wildman–Crippen LogP) is 1.72. The van der Waals surface area contributed by atoms with E-state index >= 15 is 0 Å². The summed E-state index contributed by atoms with van der Waals surface area (Å²) >= 11 is 1.90. The van der Waals surface area contributed by atoms with E-state index in [1.165, 1.54) is 22.6 Å². The molecule has 6 heteroatoms. The third-order valence-electron chi connectivity index (χ3n) is 5.08. The SMILES string of the molecule is CNC(=O)CN1CCOC[C@@]2(CCCN(Cc3ccc(C)s3)C2)C1. The number of amides is 1. The lowest BCUT2D eigenvalue weighted by Crippen LogP contribution is -2.51. The van der Waals surface area contributed by atoms with Gasteiger partial charge in [0.2, 0.25) is 5.91 Å². The Kier molecular flexibility index (Phi) is 5.92. The second-order valence-corrected chi connectivity index (χ2v) is 8.64. The maximum absolute atomic E-state index is 11.8. The molecule has 0 aliphatic carbocycles. The van der Waals surface area contributed by atoms with E-state index in [4.69, 9.17) is 4.74 Å². The molecule has 0 aromatic carbocycles. The van der Waals surface area contributed by atoms with Gasteiger partial charge in [-0.25, -0.2) is 0 Å². The highest BCUT2D eigenvalue weighted by Crippen LogP contribution is 2.34. The molecule has 3 heterocycles. The fourth-order valence-corrected chi connectivity index (χ4v) is 4.91. The Labute approximate surface area is 149 Å². The molecule has 0 unspecified atom stereocenters. The fraction of sp³-hybridized carbons (Fsp3) is 0.722. The first-order valence-corrected chi connectivity index (χ1v) is 9.69. The van der Waals surface area contributed by atoms with Crippen LogP contribution < -0.4 is 5.32 Å². The zero-order valence-electron chi connectivity index (χ0n) is 14.8. The van der Waals surface area contributed by atoms with E-state index < -0.39 is 0 Å². The number of carbonyl (C=O) groups is 1. The zero-order valence-corrected chi connectivity index (χ0v) is 15.7. The lowest BCUT2D eigenvalue weighted by molar-refractivity contribution is -0.122. The van der Waals surface area contributed by atoms with Gasteiger partial charge < -0.3 is 10.1 Å². The van der Waals surface area contributed by atoms with Gasteiger partial charge in [-0.3, -0.25) is 14.6 Å². The second kappa shape index (κ2) is 7.95. The monoisotopic (exact) mass is 351 g/mol. The van der Waals surface area contributed by atoms with Crippen LogP contribution in [0.5, 0.6) is 0 Å². The molecule has 1 aromatic heterocycles. The van der Waals surface area contributed by atoms with Gasteiger partial charge in [-0.1, -0.05) is 0 Å². The summed E-state index contributed by atoms with van der Waals surface area (Å²) in [5.41, 5.74) is 0.162. The molecule has 0 radical (unpaired) electrons. The van der Waals surface area contributed by atoms with Crippen molar-refractivity contribution in [1.82, 2.24) is 15.1 Å². The Balaban J connectivity index is 1.64. The van der Waals surface area contributed by atoms with Gasteiger partial charge in [0.15, 0.2) is 0 Å². The van der Waals surface area contributed by atoms with Crippen molar-refractivity contribution < 1.29 is 9.53 Å². The van der Waals surface area contributed by atoms with Gasteiger partial charge in [-0.2, -0.15) is 0 Å². The molecule has 1 spiro atoms. The van der Waals surface area contributed by atoms with Crippen LogP contribution in [-0.2, 0) is 16.1 Å². The van der Waals surface area contributed by atoms with Gasteiger partial charge >= 0.3 is 0 Å². The number of likely N-dealkylation sites (tertiary alicyclic amines) is 1. The van der Waals surface area contributed by atoms with E-state index in [-0.39, 0.29) is 11.3 Å². The molecule has 0 saturated carbocycles. The number of carbonyl (C=O) groups excluding carboxylic acids is 1. The standard InChI is InChI=1S/C18H29N3O2S/c1-15-4-5-16(24-15)10-20-7-3-6-18(12-20)13-21(8-9-23-14-18)11-17(22)19-2/h4-5H,3,6-14H2,1-2H3,(H,19,22)/t18-/m1/s1. The summed E-state index contributed by atoms with van der Waals surface area (Å²) in [7, 11) is 1.71. The van der Waals surface area contributed by atoms with E-state index in [0.29, 0.717) is 6.54 Å². The Bertz CT molecular complexity index is 562. The summed E-state index contributed by atoms with van der Waals surface area (Å²) in [5, 5.41) is 2.74. The minimum atomic E-state index is 0.0915. The second-order valence-electron chi connectivity index (χ2n) is 7.26. The van der Waals surface area contributed by atoms with Crippen molar-refractivity contribution in [3.8, 4) is 0 Å². The molecule has 1 atom stereocenters. The summed E-state index contributed by atoms with van der Waals surface area (Å²) in [6.07, 6.45) is 2.40. The highest BCUT2D eigenvalue weighted by molar-refractivity contribution is 7.11. The van der Waals surface area contributed by atoms with Gasteiger partial charge in [-0.05, 0) is 38.4 Å². The molecule has 1 amide bonds. The summed E-state index contributed by atoms with van der Waals surface area (Å²) in [6.45, 7) is 9.26. The zero-order chi connectivity index (χ0) is 17.0. The number of nitrogens with one attached hydrogen (secondary N) is 1. The van der Waals surface area contributed by atoms with Crippen molar-refractivity contribution >= 4 is 17.2 Å². The summed E-state index contributed by atoms with van der Waals surface area (Å²) < 4.78 is 5.94. The maximum Gasteiger partial charge on any atom is 0.233 e. The van der Waals surface area contributed by atoms with Crippen LogP contribution in [0.4, 0.5) is 0 Å². The minimum Gasteiger partial charge on any atom is -0.379 e. The fourth-order valence-electron chi connectivity index (χ4n) is 3.98. The molecule has 2 saturated heterocycles. The third kappa shape index (κ3) is 4.57. The molecular formula is C18H29N3O2S. The summed E-state index contributed by atoms with van der Waals surface area (Å²) in [5.74, 6) is 0.0915. The van der Waals surface area contributed by atoms with Crippen LogP contribution in [0, 0.1) is 12.3 Å². The number of aryl methyl sites for hydroxylation is 1. The van der Waals surface area contributed by atoms with Crippen LogP contribution in [0.3, 0.4) is 0 Å². The number of hydrogen-bond acceptors (Lipinski definition) is 5. The molecule has 2 aliphatic rings. The molecule has 5 nitrogen and oxygen atoms in total. The van der Waals surface area contributed by atoms with E-state index in [1.807, 2.05) is 11.3 Å². The molecular weight excluding hydrogens is 322 g/mol. The summed E-state index contributed by atoms with van der Waals surface area (Å²) in [6, 6.07) is 4.46. The van der Waals surface area contributed by atoms with Crippen molar-refractivity contribution in [3.05, 3.63) is 21.9 Å². The Morgan fingerprint density at radius 1 is 1.33 bits per heavy atom. The van der Waals surface area contributed by atoms with Crippen molar-refractivity contribution in [2.24, 2.45) is 5.41 Å². The summed E-state index contributed by atoms with van der Waals surface area (Å²) in [4.78, 5) is 19.4. The normalized spacial score (nSPS) is 26.4. The van der Waals surface area contributed by atoms with Gasteiger partial charge in [0, 0.05) is 48.4 Å². The number of nitrogens with zero attached hydrogens (tertiary/aromatic N) is 2. The Hall–Kier alpha value is -0.950. The molecule has 0 bridgehead atoms. The van der Waals surface area contributed by atoms with Crippen molar-refractivity contribution in [2.75, 3.05) is 53.0 Å². The lowest BCUT2D eigenvalue weighted by atomic mass is 9.80. The number of thiophene rings is 1. The molecule has 3 rings (SSSR count). The van der Waals surface area contributed by atoms with Gasteiger partial charge in [0.25, 0.3) is 0 Å². The van der Waals surface area contributed by atoms with Gasteiger partial charge in [-0.15, -0.1) is 11.3 Å². The van der Waals surface area contributed by atoms with E-state index in [0.717, 1.165) is 45.9 Å². The van der Waals surface area contributed by atoms with Crippen LogP contribution in [0.25, 0.3) is 0 Å². The Morgan fingerprint density at radius 2 is 2.17 bits per heavy atom. The molecule has 24 heavy (non-hydrogen) atoms. The van der Waals surface area contributed by atoms with Crippen LogP contribution in [0.15, 0.2) is 12.1 Å². The van der Waals surface area contributed by atoms with E-state index in [1.54, 1.807) is 7.05 Å².